The lowest BCUT2D eigenvalue weighted by atomic mass is 10.2. The van der Waals surface area contributed by atoms with E-state index < -0.39 is 0 Å². The molecule has 0 spiro atoms. The van der Waals surface area contributed by atoms with Gasteiger partial charge >= 0.3 is 5.95 Å². The minimum absolute atomic E-state index is 0.379. The Balaban J connectivity index is 2.40. The summed E-state index contributed by atoms with van der Waals surface area (Å²) in [5.74, 6) is 0.996. The first-order valence-electron chi connectivity index (χ1n) is 5.35. The number of benzene rings is 1. The summed E-state index contributed by atoms with van der Waals surface area (Å²) in [7, 11) is 0. The molecule has 3 nitrogen and oxygen atoms in total. The molecule has 0 aliphatic carbocycles. The maximum Gasteiger partial charge on any atom is 0.330 e. The van der Waals surface area contributed by atoms with Gasteiger partial charge in [0.1, 0.15) is 18.8 Å². The van der Waals surface area contributed by atoms with Gasteiger partial charge in [-0.15, -0.1) is 0 Å². The molecule has 0 radical (unpaired) electrons. The second kappa shape index (κ2) is 5.25. The molecule has 0 fully saturated rings. The Morgan fingerprint density at radius 1 is 1.06 bits per heavy atom. The molecule has 0 amide bonds. The van der Waals surface area contributed by atoms with Gasteiger partial charge in [-0.3, -0.25) is 0 Å². The van der Waals surface area contributed by atoms with Crippen LogP contribution in [0.25, 0.3) is 11.0 Å². The highest BCUT2D eigenvalue weighted by molar-refractivity contribution is 5.86. The van der Waals surface area contributed by atoms with Crippen molar-refractivity contribution in [1.29, 1.82) is 0 Å². The van der Waals surface area contributed by atoms with Gasteiger partial charge in [0.05, 0.1) is 5.39 Å². The summed E-state index contributed by atoms with van der Waals surface area (Å²) in [6.07, 6.45) is 3.34. The van der Waals surface area contributed by atoms with Gasteiger partial charge in [-0.25, -0.2) is 0 Å². The molecule has 2 aromatic rings. The first-order chi connectivity index (χ1) is 8.36. The Kier molecular flexibility index (Phi) is 3.50. The molecular weight excluding hydrogens is 216 g/mol. The number of fused-ring (bicyclic) bond motifs is 1. The van der Waals surface area contributed by atoms with Crippen molar-refractivity contribution in [3.8, 4) is 11.7 Å². The monoisotopic (exact) mass is 230 g/mol. The highest BCUT2D eigenvalue weighted by Crippen LogP contribution is 2.39. The minimum atomic E-state index is 0.379. The number of rotatable bonds is 6. The van der Waals surface area contributed by atoms with E-state index in [-0.39, 0.29) is 0 Å². The Labute approximate surface area is 99.9 Å². The third-order valence-electron chi connectivity index (χ3n) is 2.20. The normalized spacial score (nSPS) is 10.1. The van der Waals surface area contributed by atoms with Crippen LogP contribution in [0.15, 0.2) is 54.0 Å². The van der Waals surface area contributed by atoms with E-state index in [4.69, 9.17) is 13.9 Å². The van der Waals surface area contributed by atoms with Crippen LogP contribution in [0, 0.1) is 0 Å². The average molecular weight is 230 g/mol. The lowest BCUT2D eigenvalue weighted by Crippen LogP contribution is -1.97. The number of furan rings is 1. The van der Waals surface area contributed by atoms with Crippen LogP contribution in [-0.4, -0.2) is 13.2 Å². The van der Waals surface area contributed by atoms with Crippen LogP contribution in [-0.2, 0) is 0 Å². The van der Waals surface area contributed by atoms with Crippen molar-refractivity contribution in [3.05, 3.63) is 49.6 Å². The summed E-state index contributed by atoms with van der Waals surface area (Å²) in [6.45, 7) is 8.01. The van der Waals surface area contributed by atoms with Crippen LogP contribution in [0.2, 0.25) is 0 Å². The molecule has 2 rings (SSSR count). The number of para-hydroxylation sites is 1. The smallest absolute Gasteiger partial charge is 0.330 e. The Morgan fingerprint density at radius 2 is 1.76 bits per heavy atom. The molecule has 17 heavy (non-hydrogen) atoms. The minimum Gasteiger partial charge on any atom is -0.482 e. The van der Waals surface area contributed by atoms with Crippen LogP contribution < -0.4 is 9.47 Å². The fraction of sp³-hybridized carbons (Fsp3) is 0.143. The van der Waals surface area contributed by atoms with Crippen molar-refractivity contribution in [2.24, 2.45) is 0 Å². The zero-order valence-electron chi connectivity index (χ0n) is 9.52. The standard InChI is InChI=1S/C14H14O3/c1-3-9-15-13-11-7-5-6-8-12(11)17-14(13)16-10-4-2/h3-8H,1-2,9-10H2. The second-order valence-corrected chi connectivity index (χ2v) is 3.41. The maximum atomic E-state index is 5.57. The maximum absolute atomic E-state index is 5.57. The van der Waals surface area contributed by atoms with Gasteiger partial charge in [0, 0.05) is 0 Å². The topological polar surface area (TPSA) is 31.6 Å². The summed E-state index contributed by atoms with van der Waals surface area (Å²) < 4.78 is 16.6. The fourth-order valence-corrected chi connectivity index (χ4v) is 1.51. The van der Waals surface area contributed by atoms with Gasteiger partial charge in [-0.05, 0) is 12.1 Å². The predicted molar refractivity (Wildman–Crippen MR) is 67.6 cm³/mol. The molecule has 1 aromatic heterocycles. The van der Waals surface area contributed by atoms with Crippen molar-refractivity contribution in [2.75, 3.05) is 13.2 Å². The van der Waals surface area contributed by atoms with Crippen LogP contribution in [0.5, 0.6) is 11.7 Å². The van der Waals surface area contributed by atoms with Crippen molar-refractivity contribution in [3.63, 3.8) is 0 Å². The molecule has 0 aliphatic heterocycles. The molecule has 0 aliphatic rings. The quantitative estimate of drug-likeness (QED) is 0.711. The second-order valence-electron chi connectivity index (χ2n) is 3.41. The van der Waals surface area contributed by atoms with Gasteiger partial charge in [-0.2, -0.15) is 0 Å². The lowest BCUT2D eigenvalue weighted by molar-refractivity contribution is 0.252. The van der Waals surface area contributed by atoms with Crippen molar-refractivity contribution in [1.82, 2.24) is 0 Å². The van der Waals surface area contributed by atoms with E-state index in [1.165, 1.54) is 0 Å². The van der Waals surface area contributed by atoms with E-state index in [0.29, 0.717) is 24.9 Å². The summed E-state index contributed by atoms with van der Waals surface area (Å²) >= 11 is 0. The average Bonchev–Trinajstić information content (AvgIpc) is 2.71. The summed E-state index contributed by atoms with van der Waals surface area (Å²) in [6, 6.07) is 7.63. The zero-order valence-corrected chi connectivity index (χ0v) is 9.52. The van der Waals surface area contributed by atoms with Gasteiger partial charge in [0.25, 0.3) is 0 Å². The van der Waals surface area contributed by atoms with Gasteiger partial charge < -0.3 is 13.9 Å². The lowest BCUT2D eigenvalue weighted by Gasteiger charge is -2.03. The molecular formula is C14H14O3. The van der Waals surface area contributed by atoms with E-state index in [9.17, 15) is 0 Å². The number of hydrogen-bond acceptors (Lipinski definition) is 3. The van der Waals surface area contributed by atoms with Crippen LogP contribution in [0.1, 0.15) is 0 Å². The number of hydrogen-bond donors (Lipinski definition) is 0. The summed E-state index contributed by atoms with van der Waals surface area (Å²) in [4.78, 5) is 0. The van der Waals surface area contributed by atoms with E-state index in [2.05, 4.69) is 13.2 Å². The number of ether oxygens (including phenoxy) is 2. The molecule has 0 atom stereocenters. The van der Waals surface area contributed by atoms with Gasteiger partial charge in [0.2, 0.25) is 5.75 Å². The first-order valence-corrected chi connectivity index (χ1v) is 5.35. The van der Waals surface area contributed by atoms with Crippen molar-refractivity contribution in [2.45, 2.75) is 0 Å². The van der Waals surface area contributed by atoms with Crippen LogP contribution >= 0.6 is 0 Å². The van der Waals surface area contributed by atoms with Crippen molar-refractivity contribution >= 4 is 11.0 Å². The molecule has 0 bridgehead atoms. The molecule has 0 unspecified atom stereocenters. The third kappa shape index (κ3) is 2.33. The largest absolute Gasteiger partial charge is 0.482 e. The SMILES string of the molecule is C=CCOc1oc2ccccc2c1OCC=C. The molecule has 0 N–H and O–H groups in total. The zero-order chi connectivity index (χ0) is 12.1. The summed E-state index contributed by atoms with van der Waals surface area (Å²) in [5, 5.41) is 0.897. The van der Waals surface area contributed by atoms with Crippen molar-refractivity contribution < 1.29 is 13.9 Å². The Morgan fingerprint density at radius 3 is 2.53 bits per heavy atom. The molecule has 0 saturated heterocycles. The molecule has 0 saturated carbocycles. The molecule has 1 aromatic carbocycles. The van der Waals surface area contributed by atoms with E-state index in [1.807, 2.05) is 24.3 Å². The predicted octanol–water partition coefficient (Wildman–Crippen LogP) is 3.56. The molecule has 1 heterocycles. The molecule has 3 heteroatoms. The Hall–Kier alpha value is -2.16. The third-order valence-corrected chi connectivity index (χ3v) is 2.20. The van der Waals surface area contributed by atoms with Crippen LogP contribution in [0.4, 0.5) is 0 Å². The van der Waals surface area contributed by atoms with E-state index in [1.54, 1.807) is 12.2 Å². The fourth-order valence-electron chi connectivity index (χ4n) is 1.51. The van der Waals surface area contributed by atoms with Crippen LogP contribution in [0.3, 0.4) is 0 Å². The van der Waals surface area contributed by atoms with E-state index >= 15 is 0 Å². The highest BCUT2D eigenvalue weighted by atomic mass is 16.6. The van der Waals surface area contributed by atoms with Gasteiger partial charge in [-0.1, -0.05) is 37.4 Å². The molecule has 88 valence electrons. The highest BCUT2D eigenvalue weighted by Gasteiger charge is 2.16. The summed E-state index contributed by atoms with van der Waals surface area (Å²) in [5.41, 5.74) is 0.741. The first kappa shape index (κ1) is 11.3. The van der Waals surface area contributed by atoms with Gasteiger partial charge in [0.15, 0.2) is 0 Å². The van der Waals surface area contributed by atoms with E-state index in [0.717, 1.165) is 11.0 Å². The Bertz CT molecular complexity index is 525.